The average molecular weight is 255 g/mol. The normalized spacial score (nSPS) is 14.3. The Labute approximate surface area is 112 Å². The van der Waals surface area contributed by atoms with Crippen molar-refractivity contribution in [3.63, 3.8) is 0 Å². The van der Waals surface area contributed by atoms with E-state index in [4.69, 9.17) is 0 Å². The first-order valence-corrected chi connectivity index (χ1v) is 6.56. The van der Waals surface area contributed by atoms with Gasteiger partial charge in [0.1, 0.15) is 5.82 Å². The molecule has 0 N–H and O–H groups in total. The number of carbonyl (C=O) groups excluding carboxylic acids is 1. The zero-order valence-corrected chi connectivity index (χ0v) is 11.0. The molecule has 2 aromatic rings. The van der Waals surface area contributed by atoms with Gasteiger partial charge in [0.2, 0.25) is 5.91 Å². The number of aromatic nitrogens is 2. The maximum atomic E-state index is 12.3. The summed E-state index contributed by atoms with van der Waals surface area (Å²) in [6.07, 6.45) is 4.24. The Morgan fingerprint density at radius 3 is 3.11 bits per heavy atom. The number of rotatable bonds is 2. The Kier molecular flexibility index (Phi) is 3.07. The number of carbonyl (C=O) groups is 1. The van der Waals surface area contributed by atoms with Crippen LogP contribution in [-0.2, 0) is 24.3 Å². The Morgan fingerprint density at radius 1 is 1.37 bits per heavy atom. The van der Waals surface area contributed by atoms with Gasteiger partial charge in [-0.1, -0.05) is 29.8 Å². The van der Waals surface area contributed by atoms with Crippen molar-refractivity contribution in [1.82, 2.24) is 14.5 Å². The molecular weight excluding hydrogens is 238 g/mol. The maximum Gasteiger partial charge on any atom is 0.227 e. The topological polar surface area (TPSA) is 38.1 Å². The molecule has 1 aromatic carbocycles. The average Bonchev–Trinajstić information content (AvgIpc) is 2.85. The van der Waals surface area contributed by atoms with Crippen LogP contribution in [0.4, 0.5) is 0 Å². The van der Waals surface area contributed by atoms with Crippen LogP contribution >= 0.6 is 0 Å². The number of imidazole rings is 1. The molecule has 0 bridgehead atoms. The third-order valence-corrected chi connectivity index (χ3v) is 3.54. The van der Waals surface area contributed by atoms with Crippen molar-refractivity contribution in [2.24, 2.45) is 0 Å². The predicted octanol–water partition coefficient (Wildman–Crippen LogP) is 1.78. The SMILES string of the molecule is Cc1cccc(CC(=O)N2CCn3ccnc3C2)c1. The molecule has 0 saturated heterocycles. The van der Waals surface area contributed by atoms with Gasteiger partial charge in [-0.25, -0.2) is 4.98 Å². The van der Waals surface area contributed by atoms with Gasteiger partial charge in [-0.05, 0) is 12.5 Å². The molecule has 0 spiro atoms. The largest absolute Gasteiger partial charge is 0.333 e. The van der Waals surface area contributed by atoms with Crippen LogP contribution in [0.5, 0.6) is 0 Å². The van der Waals surface area contributed by atoms with Crippen LogP contribution in [0, 0.1) is 6.92 Å². The van der Waals surface area contributed by atoms with Gasteiger partial charge in [0, 0.05) is 25.5 Å². The van der Waals surface area contributed by atoms with Crippen LogP contribution in [0.1, 0.15) is 17.0 Å². The molecule has 19 heavy (non-hydrogen) atoms. The maximum absolute atomic E-state index is 12.3. The molecule has 4 nitrogen and oxygen atoms in total. The molecule has 0 fully saturated rings. The third-order valence-electron chi connectivity index (χ3n) is 3.54. The monoisotopic (exact) mass is 255 g/mol. The molecule has 0 atom stereocenters. The fraction of sp³-hybridized carbons (Fsp3) is 0.333. The standard InChI is InChI=1S/C15H17N3O/c1-12-3-2-4-13(9-12)10-15(19)18-8-7-17-6-5-16-14(17)11-18/h2-6,9H,7-8,10-11H2,1H3. The third kappa shape index (κ3) is 2.52. The summed E-state index contributed by atoms with van der Waals surface area (Å²) >= 11 is 0. The minimum atomic E-state index is 0.180. The van der Waals surface area contributed by atoms with E-state index in [1.54, 1.807) is 6.20 Å². The fourth-order valence-corrected chi connectivity index (χ4v) is 2.49. The second-order valence-corrected chi connectivity index (χ2v) is 5.02. The van der Waals surface area contributed by atoms with Crippen LogP contribution in [0.2, 0.25) is 0 Å². The molecule has 4 heteroatoms. The second-order valence-electron chi connectivity index (χ2n) is 5.02. The lowest BCUT2D eigenvalue weighted by molar-refractivity contribution is -0.132. The molecule has 0 unspecified atom stereocenters. The Morgan fingerprint density at radius 2 is 2.26 bits per heavy atom. The number of hydrogen-bond donors (Lipinski definition) is 0. The molecule has 0 aliphatic carbocycles. The van der Waals surface area contributed by atoms with Crippen molar-refractivity contribution in [2.75, 3.05) is 6.54 Å². The molecule has 1 amide bonds. The lowest BCUT2D eigenvalue weighted by atomic mass is 10.1. The highest BCUT2D eigenvalue weighted by Gasteiger charge is 2.20. The molecule has 1 aliphatic heterocycles. The van der Waals surface area contributed by atoms with E-state index in [1.807, 2.05) is 36.2 Å². The van der Waals surface area contributed by atoms with E-state index >= 15 is 0 Å². The minimum Gasteiger partial charge on any atom is -0.333 e. The smallest absolute Gasteiger partial charge is 0.227 e. The summed E-state index contributed by atoms with van der Waals surface area (Å²) in [5, 5.41) is 0. The van der Waals surface area contributed by atoms with E-state index in [-0.39, 0.29) is 5.91 Å². The lowest BCUT2D eigenvalue weighted by Crippen LogP contribution is -2.39. The van der Waals surface area contributed by atoms with Gasteiger partial charge in [-0.3, -0.25) is 4.79 Å². The zero-order chi connectivity index (χ0) is 13.2. The summed E-state index contributed by atoms with van der Waals surface area (Å²) < 4.78 is 2.11. The zero-order valence-electron chi connectivity index (χ0n) is 11.0. The number of aryl methyl sites for hydroxylation is 1. The summed E-state index contributed by atoms with van der Waals surface area (Å²) in [6.45, 7) is 4.28. The first-order chi connectivity index (χ1) is 9.22. The molecule has 0 radical (unpaired) electrons. The highest BCUT2D eigenvalue weighted by atomic mass is 16.2. The van der Waals surface area contributed by atoms with Crippen LogP contribution in [0.25, 0.3) is 0 Å². The van der Waals surface area contributed by atoms with Crippen molar-refractivity contribution in [2.45, 2.75) is 26.4 Å². The van der Waals surface area contributed by atoms with Gasteiger partial charge in [-0.15, -0.1) is 0 Å². The Balaban J connectivity index is 1.69. The predicted molar refractivity (Wildman–Crippen MR) is 72.5 cm³/mol. The first kappa shape index (κ1) is 12.0. The fourth-order valence-electron chi connectivity index (χ4n) is 2.49. The van der Waals surface area contributed by atoms with E-state index in [0.717, 1.165) is 24.5 Å². The molecule has 0 saturated carbocycles. The summed E-state index contributed by atoms with van der Waals surface area (Å²) in [4.78, 5) is 18.5. The molecular formula is C15H17N3O. The minimum absolute atomic E-state index is 0.180. The first-order valence-electron chi connectivity index (χ1n) is 6.56. The van der Waals surface area contributed by atoms with Gasteiger partial charge in [-0.2, -0.15) is 0 Å². The summed E-state index contributed by atoms with van der Waals surface area (Å²) in [5.41, 5.74) is 2.28. The number of benzene rings is 1. The second kappa shape index (κ2) is 4.88. The lowest BCUT2D eigenvalue weighted by Gasteiger charge is -2.27. The quantitative estimate of drug-likeness (QED) is 0.820. The van der Waals surface area contributed by atoms with Crippen molar-refractivity contribution in [1.29, 1.82) is 0 Å². The number of nitrogens with zero attached hydrogens (tertiary/aromatic N) is 3. The highest BCUT2D eigenvalue weighted by Crippen LogP contribution is 2.13. The number of fused-ring (bicyclic) bond motifs is 1. The van der Waals surface area contributed by atoms with Crippen molar-refractivity contribution < 1.29 is 4.79 Å². The van der Waals surface area contributed by atoms with Gasteiger partial charge in [0.15, 0.2) is 0 Å². The Bertz CT molecular complexity index is 603. The van der Waals surface area contributed by atoms with Crippen molar-refractivity contribution >= 4 is 5.91 Å². The van der Waals surface area contributed by atoms with Gasteiger partial charge in [0.25, 0.3) is 0 Å². The number of amides is 1. The van der Waals surface area contributed by atoms with E-state index in [1.165, 1.54) is 5.56 Å². The Hall–Kier alpha value is -2.10. The van der Waals surface area contributed by atoms with Crippen LogP contribution in [0.3, 0.4) is 0 Å². The van der Waals surface area contributed by atoms with Crippen molar-refractivity contribution in [3.05, 3.63) is 53.6 Å². The highest BCUT2D eigenvalue weighted by molar-refractivity contribution is 5.78. The molecule has 98 valence electrons. The van der Waals surface area contributed by atoms with E-state index in [2.05, 4.69) is 15.6 Å². The van der Waals surface area contributed by atoms with Gasteiger partial charge >= 0.3 is 0 Å². The number of hydrogen-bond acceptors (Lipinski definition) is 2. The summed E-state index contributed by atoms with van der Waals surface area (Å²) in [6, 6.07) is 8.13. The van der Waals surface area contributed by atoms with Crippen LogP contribution in [-0.4, -0.2) is 26.9 Å². The van der Waals surface area contributed by atoms with Crippen LogP contribution < -0.4 is 0 Å². The molecule has 1 aromatic heterocycles. The van der Waals surface area contributed by atoms with E-state index in [0.29, 0.717) is 13.0 Å². The van der Waals surface area contributed by atoms with Crippen LogP contribution in [0.15, 0.2) is 36.7 Å². The molecule has 1 aliphatic rings. The van der Waals surface area contributed by atoms with E-state index < -0.39 is 0 Å². The molecule has 3 rings (SSSR count). The molecule has 2 heterocycles. The summed E-state index contributed by atoms with van der Waals surface area (Å²) in [5.74, 6) is 1.16. The van der Waals surface area contributed by atoms with Gasteiger partial charge < -0.3 is 9.47 Å². The van der Waals surface area contributed by atoms with E-state index in [9.17, 15) is 4.79 Å². The van der Waals surface area contributed by atoms with Crippen molar-refractivity contribution in [3.8, 4) is 0 Å². The van der Waals surface area contributed by atoms with Gasteiger partial charge in [0.05, 0.1) is 13.0 Å². The summed E-state index contributed by atoms with van der Waals surface area (Å²) in [7, 11) is 0.